The Bertz CT molecular complexity index is 1440. The van der Waals surface area contributed by atoms with Crippen LogP contribution in [0.15, 0.2) is 72.8 Å². The lowest BCUT2D eigenvalue weighted by molar-refractivity contribution is -0.116. The SMILES string of the molecule is COc1ccc(CN2Cc3c(cccc3N(Cc3ccc4ccc(Cl)nc4c3)C(C)=O)C2=O)cc1. The van der Waals surface area contributed by atoms with Gasteiger partial charge in [0.15, 0.2) is 0 Å². The number of hydrogen-bond acceptors (Lipinski definition) is 4. The largest absolute Gasteiger partial charge is 0.497 e. The number of fused-ring (bicyclic) bond motifs is 2. The van der Waals surface area contributed by atoms with Crippen LogP contribution in [0.4, 0.5) is 5.69 Å². The molecule has 0 saturated heterocycles. The van der Waals surface area contributed by atoms with Gasteiger partial charge in [0.2, 0.25) is 5.91 Å². The molecule has 35 heavy (non-hydrogen) atoms. The van der Waals surface area contributed by atoms with Crippen LogP contribution in [0.3, 0.4) is 0 Å². The first-order valence-electron chi connectivity index (χ1n) is 11.3. The Morgan fingerprint density at radius 3 is 2.54 bits per heavy atom. The first-order valence-corrected chi connectivity index (χ1v) is 11.7. The quantitative estimate of drug-likeness (QED) is 0.333. The molecule has 3 aromatic carbocycles. The molecule has 6 nitrogen and oxygen atoms in total. The molecule has 176 valence electrons. The first-order chi connectivity index (χ1) is 16.9. The van der Waals surface area contributed by atoms with E-state index in [1.54, 1.807) is 29.9 Å². The van der Waals surface area contributed by atoms with E-state index in [0.717, 1.165) is 39.0 Å². The van der Waals surface area contributed by atoms with Crippen LogP contribution < -0.4 is 9.64 Å². The van der Waals surface area contributed by atoms with Gasteiger partial charge in [-0.05, 0) is 53.6 Å². The fourth-order valence-corrected chi connectivity index (χ4v) is 4.65. The maximum Gasteiger partial charge on any atom is 0.254 e. The van der Waals surface area contributed by atoms with Crippen molar-refractivity contribution in [3.05, 3.63) is 100 Å². The molecule has 0 fully saturated rings. The Morgan fingerprint density at radius 1 is 1.06 bits per heavy atom. The highest BCUT2D eigenvalue weighted by molar-refractivity contribution is 6.29. The summed E-state index contributed by atoms with van der Waals surface area (Å²) in [6, 6.07) is 22.8. The Kier molecular flexibility index (Phi) is 6.14. The van der Waals surface area contributed by atoms with E-state index in [9.17, 15) is 9.59 Å². The maximum atomic E-state index is 13.2. The highest BCUT2D eigenvalue weighted by Crippen LogP contribution is 2.34. The number of ether oxygens (including phenoxy) is 1. The standard InChI is InChI=1S/C28H24ClN3O3/c1-18(33)32(16-20-6-9-21-10-13-27(29)30-25(21)14-20)26-5-3-4-23-24(26)17-31(28(23)34)15-19-7-11-22(35-2)12-8-19/h3-14H,15-17H2,1-2H3. The first kappa shape index (κ1) is 22.9. The van der Waals surface area contributed by atoms with Crippen LogP contribution >= 0.6 is 11.6 Å². The van der Waals surface area contributed by atoms with Crippen molar-refractivity contribution >= 4 is 40.0 Å². The third-order valence-corrected chi connectivity index (χ3v) is 6.50. The second-order valence-electron chi connectivity index (χ2n) is 8.58. The van der Waals surface area contributed by atoms with Gasteiger partial charge in [-0.2, -0.15) is 0 Å². The van der Waals surface area contributed by atoms with E-state index in [1.807, 2.05) is 66.7 Å². The molecule has 0 radical (unpaired) electrons. The van der Waals surface area contributed by atoms with Gasteiger partial charge in [0.05, 0.1) is 19.2 Å². The van der Waals surface area contributed by atoms with E-state index in [1.165, 1.54) is 0 Å². The Morgan fingerprint density at radius 2 is 1.80 bits per heavy atom. The van der Waals surface area contributed by atoms with Gasteiger partial charge in [-0.15, -0.1) is 0 Å². The lowest BCUT2D eigenvalue weighted by atomic mass is 10.1. The van der Waals surface area contributed by atoms with E-state index in [4.69, 9.17) is 16.3 Å². The molecule has 0 spiro atoms. The Balaban J connectivity index is 1.43. The lowest BCUT2D eigenvalue weighted by Gasteiger charge is -2.24. The maximum absolute atomic E-state index is 13.2. The van der Waals surface area contributed by atoms with Gasteiger partial charge in [-0.25, -0.2) is 4.98 Å². The molecule has 4 aromatic rings. The number of aromatic nitrogens is 1. The monoisotopic (exact) mass is 485 g/mol. The summed E-state index contributed by atoms with van der Waals surface area (Å²) in [4.78, 5) is 33.9. The minimum Gasteiger partial charge on any atom is -0.497 e. The number of carbonyl (C=O) groups excluding carboxylic acids is 2. The van der Waals surface area contributed by atoms with Gasteiger partial charge in [0, 0.05) is 42.2 Å². The number of rotatable bonds is 6. The third-order valence-electron chi connectivity index (χ3n) is 6.28. The summed E-state index contributed by atoms with van der Waals surface area (Å²) in [6.45, 7) is 2.83. The van der Waals surface area contributed by atoms with Gasteiger partial charge in [-0.1, -0.05) is 41.9 Å². The molecule has 1 aromatic heterocycles. The van der Waals surface area contributed by atoms with Crippen molar-refractivity contribution in [1.82, 2.24) is 9.88 Å². The number of amides is 2. The van der Waals surface area contributed by atoms with Crippen molar-refractivity contribution in [2.45, 2.75) is 26.6 Å². The molecule has 7 heteroatoms. The highest BCUT2D eigenvalue weighted by Gasteiger charge is 2.31. The summed E-state index contributed by atoms with van der Waals surface area (Å²) < 4.78 is 5.23. The lowest BCUT2D eigenvalue weighted by Crippen LogP contribution is -2.29. The van der Waals surface area contributed by atoms with E-state index in [2.05, 4.69) is 4.98 Å². The smallest absolute Gasteiger partial charge is 0.254 e. The molecule has 5 rings (SSSR count). The molecule has 1 aliphatic heterocycles. The van der Waals surface area contributed by atoms with Crippen LogP contribution in [0, 0.1) is 0 Å². The number of anilines is 1. The van der Waals surface area contributed by atoms with Crippen LogP contribution in [0.25, 0.3) is 10.9 Å². The summed E-state index contributed by atoms with van der Waals surface area (Å²) in [6.07, 6.45) is 0. The molecule has 2 amide bonds. The van der Waals surface area contributed by atoms with Crippen LogP contribution in [-0.4, -0.2) is 28.8 Å². The zero-order chi connectivity index (χ0) is 24.5. The summed E-state index contributed by atoms with van der Waals surface area (Å²) >= 11 is 6.07. The van der Waals surface area contributed by atoms with E-state index in [0.29, 0.717) is 30.4 Å². The molecule has 0 aliphatic carbocycles. The van der Waals surface area contributed by atoms with Gasteiger partial charge < -0.3 is 14.5 Å². The van der Waals surface area contributed by atoms with Crippen LogP contribution in [-0.2, 0) is 24.4 Å². The fourth-order valence-electron chi connectivity index (χ4n) is 4.49. The van der Waals surface area contributed by atoms with E-state index >= 15 is 0 Å². The summed E-state index contributed by atoms with van der Waals surface area (Å²) in [5.74, 6) is 0.639. The number of hydrogen-bond donors (Lipinski definition) is 0. The molecule has 2 heterocycles. The number of carbonyl (C=O) groups is 2. The predicted molar refractivity (Wildman–Crippen MR) is 137 cm³/mol. The van der Waals surface area contributed by atoms with E-state index < -0.39 is 0 Å². The Hall–Kier alpha value is -3.90. The van der Waals surface area contributed by atoms with Crippen molar-refractivity contribution < 1.29 is 14.3 Å². The molecule has 0 N–H and O–H groups in total. The van der Waals surface area contributed by atoms with Crippen LogP contribution in [0.5, 0.6) is 5.75 Å². The second kappa shape index (κ2) is 9.39. The molecule has 0 saturated carbocycles. The van der Waals surface area contributed by atoms with Gasteiger partial charge >= 0.3 is 0 Å². The van der Waals surface area contributed by atoms with E-state index in [-0.39, 0.29) is 11.8 Å². The predicted octanol–water partition coefficient (Wildman–Crippen LogP) is 5.61. The van der Waals surface area contributed by atoms with Gasteiger partial charge in [-0.3, -0.25) is 9.59 Å². The summed E-state index contributed by atoms with van der Waals surface area (Å²) in [7, 11) is 1.63. The molecular formula is C28H24ClN3O3. The Labute approximate surface area is 208 Å². The van der Waals surface area contributed by atoms with Crippen LogP contribution in [0.2, 0.25) is 5.15 Å². The number of methoxy groups -OCH3 is 1. The average Bonchev–Trinajstić information content (AvgIpc) is 3.18. The van der Waals surface area contributed by atoms with Gasteiger partial charge in [0.25, 0.3) is 5.91 Å². The molecule has 0 unspecified atom stereocenters. The molecule has 1 aliphatic rings. The number of nitrogens with zero attached hydrogens (tertiary/aromatic N) is 3. The fraction of sp³-hybridized carbons (Fsp3) is 0.179. The third kappa shape index (κ3) is 4.57. The molecular weight excluding hydrogens is 462 g/mol. The zero-order valence-electron chi connectivity index (χ0n) is 19.5. The molecule has 0 atom stereocenters. The van der Waals surface area contributed by atoms with Gasteiger partial charge in [0.1, 0.15) is 10.9 Å². The summed E-state index contributed by atoms with van der Waals surface area (Å²) in [5, 5.41) is 1.40. The van der Waals surface area contributed by atoms with Crippen molar-refractivity contribution in [2.24, 2.45) is 0 Å². The number of halogens is 1. The minimum absolute atomic E-state index is 0.0364. The topological polar surface area (TPSA) is 62.7 Å². The zero-order valence-corrected chi connectivity index (χ0v) is 20.2. The second-order valence-corrected chi connectivity index (χ2v) is 8.97. The number of pyridine rings is 1. The minimum atomic E-state index is -0.0985. The normalized spacial score (nSPS) is 12.7. The summed E-state index contributed by atoms with van der Waals surface area (Å²) in [5.41, 5.74) is 4.97. The van der Waals surface area contributed by atoms with Crippen LogP contribution in [0.1, 0.15) is 34.0 Å². The molecule has 0 bridgehead atoms. The van der Waals surface area contributed by atoms with Crippen molar-refractivity contribution in [3.8, 4) is 5.75 Å². The highest BCUT2D eigenvalue weighted by atomic mass is 35.5. The van der Waals surface area contributed by atoms with Crippen molar-refractivity contribution in [3.63, 3.8) is 0 Å². The van der Waals surface area contributed by atoms with Crippen molar-refractivity contribution in [2.75, 3.05) is 12.0 Å². The van der Waals surface area contributed by atoms with Crippen molar-refractivity contribution in [1.29, 1.82) is 0 Å². The average molecular weight is 486 g/mol. The number of benzene rings is 3.